The van der Waals surface area contributed by atoms with Gasteiger partial charge in [0.2, 0.25) is 0 Å². The lowest BCUT2D eigenvalue weighted by Crippen LogP contribution is -2.53. The first kappa shape index (κ1) is 13.4. The molecule has 100 valence electrons. The van der Waals surface area contributed by atoms with Crippen molar-refractivity contribution in [3.8, 4) is 0 Å². The third kappa shape index (κ3) is 3.03. The summed E-state index contributed by atoms with van der Waals surface area (Å²) in [7, 11) is 0. The highest BCUT2D eigenvalue weighted by molar-refractivity contribution is 5.03. The van der Waals surface area contributed by atoms with Gasteiger partial charge in [-0.15, -0.1) is 0 Å². The lowest BCUT2D eigenvalue weighted by Gasteiger charge is -2.42. The Kier molecular flexibility index (Phi) is 4.14. The fraction of sp³-hybridized carbons (Fsp3) is 1.00. The van der Waals surface area contributed by atoms with E-state index >= 15 is 0 Å². The van der Waals surface area contributed by atoms with Crippen molar-refractivity contribution in [2.75, 3.05) is 13.1 Å². The molecular formula is C15H30N2. The minimum atomic E-state index is 0.357. The number of hydrogen-bond acceptors (Lipinski definition) is 2. The van der Waals surface area contributed by atoms with E-state index in [4.69, 9.17) is 5.73 Å². The van der Waals surface area contributed by atoms with Gasteiger partial charge in [0.25, 0.3) is 0 Å². The van der Waals surface area contributed by atoms with Crippen molar-refractivity contribution in [3.05, 3.63) is 0 Å². The SMILES string of the molecule is CC(C)CCN(C1CC1)C1(CN)CCC(C)C1. The minimum Gasteiger partial charge on any atom is -0.329 e. The van der Waals surface area contributed by atoms with Crippen LogP contribution in [0.5, 0.6) is 0 Å². The fourth-order valence-corrected chi connectivity index (χ4v) is 3.52. The summed E-state index contributed by atoms with van der Waals surface area (Å²) in [5.41, 5.74) is 6.52. The minimum absolute atomic E-state index is 0.357. The van der Waals surface area contributed by atoms with Crippen LogP contribution in [0.4, 0.5) is 0 Å². The second-order valence-corrected chi connectivity index (χ2v) is 6.88. The van der Waals surface area contributed by atoms with Gasteiger partial charge in [0, 0.05) is 18.1 Å². The summed E-state index contributed by atoms with van der Waals surface area (Å²) in [5.74, 6) is 1.68. The van der Waals surface area contributed by atoms with Crippen LogP contribution in [0.25, 0.3) is 0 Å². The van der Waals surface area contributed by atoms with Crippen molar-refractivity contribution >= 4 is 0 Å². The predicted molar refractivity (Wildman–Crippen MR) is 74.0 cm³/mol. The molecule has 2 heteroatoms. The van der Waals surface area contributed by atoms with E-state index in [1.807, 2.05) is 0 Å². The molecule has 0 aromatic heterocycles. The van der Waals surface area contributed by atoms with Crippen molar-refractivity contribution < 1.29 is 0 Å². The Bertz CT molecular complexity index is 247. The Morgan fingerprint density at radius 3 is 2.41 bits per heavy atom. The van der Waals surface area contributed by atoms with Crippen LogP contribution in [0.3, 0.4) is 0 Å². The monoisotopic (exact) mass is 238 g/mol. The smallest absolute Gasteiger partial charge is 0.0337 e. The van der Waals surface area contributed by atoms with Crippen LogP contribution in [-0.2, 0) is 0 Å². The topological polar surface area (TPSA) is 29.3 Å². The zero-order valence-corrected chi connectivity index (χ0v) is 11.9. The van der Waals surface area contributed by atoms with E-state index in [0.717, 1.165) is 24.4 Å². The molecule has 2 rings (SSSR count). The molecule has 2 aliphatic rings. The molecule has 2 N–H and O–H groups in total. The van der Waals surface area contributed by atoms with E-state index in [9.17, 15) is 0 Å². The number of rotatable bonds is 6. The standard InChI is InChI=1S/C15H30N2/c1-12(2)7-9-17(14-4-5-14)15(11-16)8-6-13(3)10-15/h12-14H,4-11,16H2,1-3H3. The molecule has 0 saturated heterocycles. The van der Waals surface area contributed by atoms with Gasteiger partial charge in [0.05, 0.1) is 0 Å². The molecule has 0 radical (unpaired) electrons. The quantitative estimate of drug-likeness (QED) is 0.771. The second-order valence-electron chi connectivity index (χ2n) is 6.88. The first-order chi connectivity index (χ1) is 8.07. The maximum atomic E-state index is 6.16. The molecule has 2 aliphatic carbocycles. The van der Waals surface area contributed by atoms with Gasteiger partial charge in [-0.1, -0.05) is 20.8 Å². The molecule has 0 amide bonds. The second kappa shape index (κ2) is 5.27. The summed E-state index contributed by atoms with van der Waals surface area (Å²) in [4.78, 5) is 2.80. The van der Waals surface area contributed by atoms with Crippen LogP contribution in [0.15, 0.2) is 0 Å². The molecule has 2 unspecified atom stereocenters. The van der Waals surface area contributed by atoms with Gasteiger partial charge in [-0.2, -0.15) is 0 Å². The van der Waals surface area contributed by atoms with Crippen LogP contribution in [0.1, 0.15) is 59.3 Å². The lowest BCUT2D eigenvalue weighted by atomic mass is 9.92. The van der Waals surface area contributed by atoms with Gasteiger partial charge in [0.15, 0.2) is 0 Å². The van der Waals surface area contributed by atoms with E-state index in [1.165, 1.54) is 45.1 Å². The Hall–Kier alpha value is -0.0800. The molecule has 0 aromatic rings. The molecule has 2 saturated carbocycles. The third-order valence-electron chi connectivity index (χ3n) is 4.76. The predicted octanol–water partition coefficient (Wildman–Crippen LogP) is 3.01. The van der Waals surface area contributed by atoms with E-state index in [2.05, 4.69) is 25.7 Å². The van der Waals surface area contributed by atoms with Gasteiger partial charge in [0.1, 0.15) is 0 Å². The molecule has 0 spiro atoms. The zero-order chi connectivity index (χ0) is 12.5. The Morgan fingerprint density at radius 2 is 2.00 bits per heavy atom. The van der Waals surface area contributed by atoms with Crippen molar-refractivity contribution in [2.45, 2.75) is 70.9 Å². The Morgan fingerprint density at radius 1 is 1.29 bits per heavy atom. The van der Waals surface area contributed by atoms with Gasteiger partial charge in [-0.05, 0) is 56.9 Å². The van der Waals surface area contributed by atoms with E-state index in [1.54, 1.807) is 0 Å². The highest BCUT2D eigenvalue weighted by Crippen LogP contribution is 2.43. The summed E-state index contributed by atoms with van der Waals surface area (Å²) in [6.07, 6.45) is 8.19. The Labute approximate surface area is 107 Å². The average Bonchev–Trinajstić information content (AvgIpc) is 3.03. The van der Waals surface area contributed by atoms with Crippen molar-refractivity contribution in [1.29, 1.82) is 0 Å². The maximum absolute atomic E-state index is 6.16. The van der Waals surface area contributed by atoms with Crippen molar-refractivity contribution in [3.63, 3.8) is 0 Å². The van der Waals surface area contributed by atoms with Crippen LogP contribution in [0, 0.1) is 11.8 Å². The summed E-state index contributed by atoms with van der Waals surface area (Å²) < 4.78 is 0. The van der Waals surface area contributed by atoms with E-state index < -0.39 is 0 Å². The molecule has 17 heavy (non-hydrogen) atoms. The molecule has 2 nitrogen and oxygen atoms in total. The average molecular weight is 238 g/mol. The van der Waals surface area contributed by atoms with Crippen molar-refractivity contribution in [2.24, 2.45) is 17.6 Å². The van der Waals surface area contributed by atoms with Crippen molar-refractivity contribution in [1.82, 2.24) is 4.90 Å². The normalized spacial score (nSPS) is 33.9. The number of nitrogens with two attached hydrogens (primary N) is 1. The molecule has 2 fully saturated rings. The first-order valence-corrected chi connectivity index (χ1v) is 7.54. The largest absolute Gasteiger partial charge is 0.329 e. The molecule has 0 aromatic carbocycles. The van der Waals surface area contributed by atoms with E-state index in [-0.39, 0.29) is 0 Å². The van der Waals surface area contributed by atoms with Crippen LogP contribution >= 0.6 is 0 Å². The summed E-state index contributed by atoms with van der Waals surface area (Å²) >= 11 is 0. The van der Waals surface area contributed by atoms with E-state index in [0.29, 0.717) is 5.54 Å². The van der Waals surface area contributed by atoms with Gasteiger partial charge >= 0.3 is 0 Å². The number of hydrogen-bond donors (Lipinski definition) is 1. The fourth-order valence-electron chi connectivity index (χ4n) is 3.52. The van der Waals surface area contributed by atoms with Gasteiger partial charge in [-0.25, -0.2) is 0 Å². The van der Waals surface area contributed by atoms with Crippen LogP contribution in [0.2, 0.25) is 0 Å². The van der Waals surface area contributed by atoms with Gasteiger partial charge < -0.3 is 5.73 Å². The molecular weight excluding hydrogens is 208 g/mol. The highest BCUT2D eigenvalue weighted by atomic mass is 15.3. The summed E-state index contributed by atoms with van der Waals surface area (Å²) in [5, 5.41) is 0. The summed E-state index contributed by atoms with van der Waals surface area (Å²) in [6.45, 7) is 9.19. The first-order valence-electron chi connectivity index (χ1n) is 7.54. The molecule has 0 bridgehead atoms. The maximum Gasteiger partial charge on any atom is 0.0337 e. The molecule has 2 atom stereocenters. The third-order valence-corrected chi connectivity index (χ3v) is 4.76. The summed E-state index contributed by atoms with van der Waals surface area (Å²) in [6, 6.07) is 0.864. The molecule has 0 aliphatic heterocycles. The van der Waals surface area contributed by atoms with Crippen LogP contribution < -0.4 is 5.73 Å². The highest BCUT2D eigenvalue weighted by Gasteiger charge is 2.46. The van der Waals surface area contributed by atoms with Gasteiger partial charge in [-0.3, -0.25) is 4.90 Å². The lowest BCUT2D eigenvalue weighted by molar-refractivity contribution is 0.0811. The molecule has 0 heterocycles. The number of nitrogens with zero attached hydrogens (tertiary/aromatic N) is 1. The van der Waals surface area contributed by atoms with Crippen LogP contribution in [-0.4, -0.2) is 29.6 Å². The Balaban J connectivity index is 2.02. The zero-order valence-electron chi connectivity index (χ0n) is 11.9.